The molecule has 31 heavy (non-hydrogen) atoms. The van der Waals surface area contributed by atoms with E-state index in [2.05, 4.69) is 39.8 Å². The predicted octanol–water partition coefficient (Wildman–Crippen LogP) is 3.95. The molecule has 3 rings (SSSR count). The van der Waals surface area contributed by atoms with Crippen LogP contribution >= 0.6 is 0 Å². The second-order valence-electron chi connectivity index (χ2n) is 11.2. The summed E-state index contributed by atoms with van der Waals surface area (Å²) < 4.78 is 5.39. The van der Waals surface area contributed by atoms with Crippen molar-refractivity contribution in [3.8, 4) is 0 Å². The molecule has 2 fully saturated rings. The number of alkyl carbamates (subject to hydrolysis) is 1. The molecule has 1 aliphatic heterocycles. The summed E-state index contributed by atoms with van der Waals surface area (Å²) in [6, 6.07) is 10.1. The van der Waals surface area contributed by atoms with Crippen molar-refractivity contribution in [2.75, 3.05) is 13.1 Å². The van der Waals surface area contributed by atoms with E-state index in [0.29, 0.717) is 11.8 Å². The van der Waals surface area contributed by atoms with Crippen LogP contribution in [0.2, 0.25) is 0 Å². The summed E-state index contributed by atoms with van der Waals surface area (Å²) in [4.78, 5) is 28.1. The molecule has 1 saturated heterocycles. The first-order chi connectivity index (χ1) is 14.4. The van der Waals surface area contributed by atoms with Crippen molar-refractivity contribution in [1.82, 2.24) is 15.5 Å². The van der Waals surface area contributed by atoms with Crippen LogP contribution in [-0.2, 0) is 16.1 Å². The van der Waals surface area contributed by atoms with Gasteiger partial charge in [-0.05, 0) is 56.4 Å². The molecular formula is C25H39N3O3. The monoisotopic (exact) mass is 429 g/mol. The van der Waals surface area contributed by atoms with Gasteiger partial charge < -0.3 is 15.4 Å². The summed E-state index contributed by atoms with van der Waals surface area (Å²) in [6.45, 7) is 14.4. The van der Waals surface area contributed by atoms with Crippen LogP contribution in [0.15, 0.2) is 30.3 Å². The lowest BCUT2D eigenvalue weighted by atomic mass is 9.85. The quantitative estimate of drug-likeness (QED) is 0.743. The Hall–Kier alpha value is -2.08. The van der Waals surface area contributed by atoms with E-state index in [0.717, 1.165) is 32.5 Å². The fourth-order valence-corrected chi connectivity index (χ4v) is 4.87. The summed E-state index contributed by atoms with van der Waals surface area (Å²) in [5, 5.41) is 6.08. The zero-order chi connectivity index (χ0) is 22.8. The summed E-state index contributed by atoms with van der Waals surface area (Å²) >= 11 is 0. The number of carbonyl (C=O) groups is 2. The molecule has 6 heteroatoms. The van der Waals surface area contributed by atoms with Crippen molar-refractivity contribution in [1.29, 1.82) is 0 Å². The fourth-order valence-electron chi connectivity index (χ4n) is 4.87. The highest BCUT2D eigenvalue weighted by Crippen LogP contribution is 2.39. The highest BCUT2D eigenvalue weighted by atomic mass is 16.6. The van der Waals surface area contributed by atoms with E-state index < -0.39 is 23.2 Å². The molecule has 2 N–H and O–H groups in total. The standard InChI is InChI=1S/C25H39N3O3/c1-24(2,3)21(27-23(30)31-25(4,5)6)22(29)26-20-13-12-18-15-28(16-19(18)20)14-17-10-8-7-9-11-17/h7-11,18-21H,12-16H2,1-6H3,(H,26,29)(H,27,30)/t18-,19+,20+,21-/m1/s1. The molecule has 1 aromatic rings. The highest BCUT2D eigenvalue weighted by molar-refractivity contribution is 5.86. The minimum absolute atomic E-state index is 0.120. The maximum atomic E-state index is 13.2. The van der Waals surface area contributed by atoms with Gasteiger partial charge in [-0.2, -0.15) is 0 Å². The van der Waals surface area contributed by atoms with Gasteiger partial charge in [-0.1, -0.05) is 51.1 Å². The Morgan fingerprint density at radius 1 is 1.06 bits per heavy atom. The molecule has 0 bridgehead atoms. The normalized spacial score (nSPS) is 25.0. The van der Waals surface area contributed by atoms with Gasteiger partial charge in [0.1, 0.15) is 11.6 Å². The minimum Gasteiger partial charge on any atom is -0.444 e. The predicted molar refractivity (Wildman–Crippen MR) is 122 cm³/mol. The van der Waals surface area contributed by atoms with Crippen molar-refractivity contribution in [3.05, 3.63) is 35.9 Å². The lowest BCUT2D eigenvalue weighted by Crippen LogP contribution is -2.56. The summed E-state index contributed by atoms with van der Waals surface area (Å²) in [7, 11) is 0. The smallest absolute Gasteiger partial charge is 0.408 e. The number of carbonyl (C=O) groups excluding carboxylic acids is 2. The van der Waals surface area contributed by atoms with Gasteiger partial charge in [0.15, 0.2) is 0 Å². The number of likely N-dealkylation sites (tertiary alicyclic amines) is 1. The minimum atomic E-state index is -0.650. The molecule has 1 aromatic carbocycles. The van der Waals surface area contributed by atoms with E-state index in [1.165, 1.54) is 5.56 Å². The number of fused-ring (bicyclic) bond motifs is 1. The molecule has 0 unspecified atom stereocenters. The second-order valence-corrected chi connectivity index (χ2v) is 11.2. The van der Waals surface area contributed by atoms with E-state index in [-0.39, 0.29) is 11.9 Å². The van der Waals surface area contributed by atoms with Crippen molar-refractivity contribution >= 4 is 12.0 Å². The highest BCUT2D eigenvalue weighted by Gasteiger charge is 2.44. The van der Waals surface area contributed by atoms with E-state index in [1.54, 1.807) is 0 Å². The van der Waals surface area contributed by atoms with Crippen molar-refractivity contribution in [3.63, 3.8) is 0 Å². The van der Waals surface area contributed by atoms with Gasteiger partial charge in [-0.15, -0.1) is 0 Å². The van der Waals surface area contributed by atoms with Gasteiger partial charge in [-0.3, -0.25) is 9.69 Å². The average molecular weight is 430 g/mol. The summed E-state index contributed by atoms with van der Waals surface area (Å²) in [6.07, 6.45) is 1.59. The van der Waals surface area contributed by atoms with Crippen molar-refractivity contribution in [2.45, 2.75) is 78.6 Å². The number of nitrogens with one attached hydrogen (secondary N) is 2. The number of hydrogen-bond donors (Lipinski definition) is 2. The van der Waals surface area contributed by atoms with Gasteiger partial charge in [0.2, 0.25) is 5.91 Å². The summed E-state index contributed by atoms with van der Waals surface area (Å²) in [5.41, 5.74) is 0.305. The fraction of sp³-hybridized carbons (Fsp3) is 0.680. The van der Waals surface area contributed by atoms with E-state index in [9.17, 15) is 9.59 Å². The molecule has 6 nitrogen and oxygen atoms in total. The van der Waals surface area contributed by atoms with Crippen LogP contribution in [0.5, 0.6) is 0 Å². The van der Waals surface area contributed by atoms with Crippen LogP contribution in [0.4, 0.5) is 4.79 Å². The van der Waals surface area contributed by atoms with Gasteiger partial charge in [-0.25, -0.2) is 4.79 Å². The molecule has 0 aromatic heterocycles. The van der Waals surface area contributed by atoms with Gasteiger partial charge in [0.25, 0.3) is 0 Å². The average Bonchev–Trinajstić information content (AvgIpc) is 3.19. The maximum Gasteiger partial charge on any atom is 0.408 e. The van der Waals surface area contributed by atoms with Gasteiger partial charge in [0, 0.05) is 25.7 Å². The van der Waals surface area contributed by atoms with Crippen LogP contribution in [0.25, 0.3) is 0 Å². The molecular weight excluding hydrogens is 390 g/mol. The Morgan fingerprint density at radius 3 is 2.35 bits per heavy atom. The number of hydrogen-bond acceptors (Lipinski definition) is 4. The third-order valence-electron chi connectivity index (χ3n) is 6.30. The second kappa shape index (κ2) is 9.19. The number of benzene rings is 1. The Kier molecular flexibility index (Phi) is 6.99. The zero-order valence-corrected chi connectivity index (χ0v) is 19.9. The number of rotatable bonds is 5. The molecule has 2 aliphatic rings. The lowest BCUT2D eigenvalue weighted by Gasteiger charge is -2.33. The zero-order valence-electron chi connectivity index (χ0n) is 19.9. The van der Waals surface area contributed by atoms with Crippen LogP contribution in [-0.4, -0.2) is 47.7 Å². The topological polar surface area (TPSA) is 70.7 Å². The van der Waals surface area contributed by atoms with Gasteiger partial charge >= 0.3 is 6.09 Å². The van der Waals surface area contributed by atoms with E-state index >= 15 is 0 Å². The molecule has 0 radical (unpaired) electrons. The van der Waals surface area contributed by atoms with Crippen molar-refractivity contribution < 1.29 is 14.3 Å². The number of nitrogens with zero attached hydrogens (tertiary/aromatic N) is 1. The van der Waals surface area contributed by atoms with Crippen LogP contribution in [0.1, 0.15) is 59.9 Å². The van der Waals surface area contributed by atoms with Gasteiger partial charge in [0.05, 0.1) is 0 Å². The number of amides is 2. The first-order valence-corrected chi connectivity index (χ1v) is 11.5. The molecule has 4 atom stereocenters. The number of ether oxygens (including phenoxy) is 1. The largest absolute Gasteiger partial charge is 0.444 e. The third-order valence-corrected chi connectivity index (χ3v) is 6.30. The Labute approximate surface area is 187 Å². The molecule has 0 spiro atoms. The van der Waals surface area contributed by atoms with Crippen LogP contribution < -0.4 is 10.6 Å². The molecule has 172 valence electrons. The maximum absolute atomic E-state index is 13.2. The Balaban J connectivity index is 1.59. The first kappa shape index (κ1) is 23.6. The van der Waals surface area contributed by atoms with Crippen LogP contribution in [0, 0.1) is 17.3 Å². The molecule has 1 heterocycles. The van der Waals surface area contributed by atoms with Crippen LogP contribution in [0.3, 0.4) is 0 Å². The lowest BCUT2D eigenvalue weighted by molar-refractivity contribution is -0.126. The molecule has 1 aliphatic carbocycles. The third kappa shape index (κ3) is 6.45. The SMILES string of the molecule is CC(C)(C)OC(=O)N[C@H](C(=O)N[C@H]1CC[C@@H]2CN(Cc3ccccc3)C[C@@H]21)C(C)(C)C. The Morgan fingerprint density at radius 2 is 1.74 bits per heavy atom. The Bertz CT molecular complexity index is 766. The molecule has 2 amide bonds. The van der Waals surface area contributed by atoms with E-state index in [4.69, 9.17) is 4.74 Å². The van der Waals surface area contributed by atoms with E-state index in [1.807, 2.05) is 47.6 Å². The summed E-state index contributed by atoms with van der Waals surface area (Å²) in [5.74, 6) is 0.973. The molecule has 1 saturated carbocycles. The first-order valence-electron chi connectivity index (χ1n) is 11.5. The van der Waals surface area contributed by atoms with Crippen molar-refractivity contribution in [2.24, 2.45) is 17.3 Å².